The normalized spacial score (nSPS) is 19.1. The molecule has 2 atom stereocenters. The minimum atomic E-state index is -0.493. The van der Waals surface area contributed by atoms with Crippen LogP contribution >= 0.6 is 0 Å². The lowest BCUT2D eigenvalue weighted by Crippen LogP contribution is -2.28. The van der Waals surface area contributed by atoms with Crippen LogP contribution < -0.4 is 5.73 Å². The highest BCUT2D eigenvalue weighted by Gasteiger charge is 2.30. The van der Waals surface area contributed by atoms with Gasteiger partial charge in [-0.15, -0.1) is 0 Å². The molecule has 2 aromatic rings. The molecule has 0 spiro atoms. The molecule has 0 radical (unpaired) electrons. The molecule has 0 aromatic heterocycles. The number of hydrogen-bond donors (Lipinski definition) is 1. The molecule has 2 N–H and O–H groups in total. The van der Waals surface area contributed by atoms with Crippen molar-refractivity contribution < 1.29 is 9.13 Å². The molecule has 0 bridgehead atoms. The van der Waals surface area contributed by atoms with Gasteiger partial charge in [-0.25, -0.2) is 4.39 Å². The zero-order chi connectivity index (χ0) is 15.0. The van der Waals surface area contributed by atoms with Gasteiger partial charge in [0.15, 0.2) is 0 Å². The molecular weight excluding hydrogens is 265 g/mol. The first kappa shape index (κ1) is 14.2. The number of fused-ring (bicyclic) bond motifs is 1. The Balaban J connectivity index is 2.03. The van der Waals surface area contributed by atoms with Crippen molar-refractivity contribution in [3.05, 3.63) is 70.0 Å². The summed E-state index contributed by atoms with van der Waals surface area (Å²) < 4.78 is 20.2. The molecule has 1 aliphatic rings. The summed E-state index contributed by atoms with van der Waals surface area (Å²) >= 11 is 0. The molecule has 0 saturated heterocycles. The van der Waals surface area contributed by atoms with E-state index in [1.807, 2.05) is 38.1 Å². The van der Waals surface area contributed by atoms with Crippen LogP contribution in [0.3, 0.4) is 0 Å². The summed E-state index contributed by atoms with van der Waals surface area (Å²) in [4.78, 5) is 0. The van der Waals surface area contributed by atoms with Gasteiger partial charge in [0, 0.05) is 5.56 Å². The van der Waals surface area contributed by atoms with Gasteiger partial charge in [-0.3, -0.25) is 0 Å². The number of ether oxygens (including phenoxy) is 1. The van der Waals surface area contributed by atoms with Gasteiger partial charge < -0.3 is 10.5 Å². The second-order valence-electron chi connectivity index (χ2n) is 5.74. The largest absolute Gasteiger partial charge is 0.371 e. The molecule has 0 amide bonds. The number of aryl methyl sites for hydroxylation is 2. The number of rotatable bonds is 2. The minimum Gasteiger partial charge on any atom is -0.371 e. The van der Waals surface area contributed by atoms with E-state index in [-0.39, 0.29) is 11.9 Å². The smallest absolute Gasteiger partial charge is 0.128 e. The summed E-state index contributed by atoms with van der Waals surface area (Å²) in [6.45, 7) is 4.42. The van der Waals surface area contributed by atoms with Crippen LogP contribution in [0.15, 0.2) is 36.4 Å². The minimum absolute atomic E-state index is 0.244. The monoisotopic (exact) mass is 285 g/mol. The second kappa shape index (κ2) is 5.58. The molecule has 3 rings (SSSR count). The van der Waals surface area contributed by atoms with E-state index in [9.17, 15) is 4.39 Å². The van der Waals surface area contributed by atoms with Crippen LogP contribution in [0.4, 0.5) is 4.39 Å². The van der Waals surface area contributed by atoms with Crippen molar-refractivity contribution >= 4 is 0 Å². The molecule has 21 heavy (non-hydrogen) atoms. The topological polar surface area (TPSA) is 35.2 Å². The number of benzene rings is 2. The highest BCUT2D eigenvalue weighted by atomic mass is 19.1. The van der Waals surface area contributed by atoms with E-state index < -0.39 is 6.04 Å². The molecule has 0 saturated carbocycles. The molecule has 1 heterocycles. The number of halogens is 1. The van der Waals surface area contributed by atoms with Gasteiger partial charge in [-0.2, -0.15) is 0 Å². The first-order chi connectivity index (χ1) is 10.1. The van der Waals surface area contributed by atoms with Crippen LogP contribution in [0.1, 0.15) is 40.0 Å². The molecule has 0 fully saturated rings. The third-order valence-electron chi connectivity index (χ3n) is 4.17. The van der Waals surface area contributed by atoms with Crippen LogP contribution in [0.5, 0.6) is 0 Å². The van der Waals surface area contributed by atoms with E-state index in [0.717, 1.165) is 23.1 Å². The summed E-state index contributed by atoms with van der Waals surface area (Å²) in [6, 6.07) is 11.1. The second-order valence-corrected chi connectivity index (χ2v) is 5.74. The Labute approximate surface area is 124 Å². The van der Waals surface area contributed by atoms with Crippen molar-refractivity contribution in [2.45, 2.75) is 32.4 Å². The van der Waals surface area contributed by atoms with Crippen LogP contribution in [-0.2, 0) is 11.2 Å². The lowest BCUT2D eigenvalue weighted by Gasteiger charge is -2.31. The summed E-state index contributed by atoms with van der Waals surface area (Å²) in [7, 11) is 0. The number of hydrogen-bond acceptors (Lipinski definition) is 2. The third-order valence-corrected chi connectivity index (χ3v) is 4.17. The van der Waals surface area contributed by atoms with E-state index >= 15 is 0 Å². The van der Waals surface area contributed by atoms with Gasteiger partial charge in [0.2, 0.25) is 0 Å². The first-order valence-electron chi connectivity index (χ1n) is 7.29. The summed E-state index contributed by atoms with van der Waals surface area (Å²) in [5.74, 6) is -0.244. The van der Waals surface area contributed by atoms with E-state index in [1.165, 1.54) is 11.6 Å². The highest BCUT2D eigenvalue weighted by Crippen LogP contribution is 2.37. The first-order valence-corrected chi connectivity index (χ1v) is 7.29. The fourth-order valence-corrected chi connectivity index (χ4v) is 3.22. The fraction of sp³-hybridized carbons (Fsp3) is 0.333. The number of nitrogens with two attached hydrogens (primary N) is 1. The molecule has 2 aromatic carbocycles. The Morgan fingerprint density at radius 1 is 1.24 bits per heavy atom. The van der Waals surface area contributed by atoms with Gasteiger partial charge in [0.1, 0.15) is 11.9 Å². The van der Waals surface area contributed by atoms with E-state index in [4.69, 9.17) is 10.5 Å². The zero-order valence-corrected chi connectivity index (χ0v) is 12.4. The molecule has 110 valence electrons. The van der Waals surface area contributed by atoms with Crippen LogP contribution in [0.25, 0.3) is 0 Å². The fourth-order valence-electron chi connectivity index (χ4n) is 3.22. The van der Waals surface area contributed by atoms with E-state index in [0.29, 0.717) is 12.2 Å². The lowest BCUT2D eigenvalue weighted by molar-refractivity contribution is 0.0232. The maximum absolute atomic E-state index is 14.4. The van der Waals surface area contributed by atoms with Gasteiger partial charge >= 0.3 is 0 Å². The van der Waals surface area contributed by atoms with Gasteiger partial charge in [0.05, 0.1) is 12.6 Å². The average molecular weight is 285 g/mol. The molecular formula is C18H20FNO. The Morgan fingerprint density at radius 2 is 2.00 bits per heavy atom. The molecule has 2 unspecified atom stereocenters. The zero-order valence-electron chi connectivity index (χ0n) is 12.4. The average Bonchev–Trinajstić information content (AvgIpc) is 2.45. The van der Waals surface area contributed by atoms with Gasteiger partial charge in [-0.05, 0) is 48.6 Å². The van der Waals surface area contributed by atoms with Gasteiger partial charge in [-0.1, -0.05) is 30.3 Å². The maximum Gasteiger partial charge on any atom is 0.128 e. The van der Waals surface area contributed by atoms with Crippen molar-refractivity contribution in [2.24, 2.45) is 5.73 Å². The highest BCUT2D eigenvalue weighted by molar-refractivity contribution is 5.38. The van der Waals surface area contributed by atoms with Crippen LogP contribution in [0, 0.1) is 19.7 Å². The summed E-state index contributed by atoms with van der Waals surface area (Å²) in [5, 5.41) is 0. The van der Waals surface area contributed by atoms with Gasteiger partial charge in [0.25, 0.3) is 0 Å². The van der Waals surface area contributed by atoms with Crippen molar-refractivity contribution in [2.75, 3.05) is 6.61 Å². The van der Waals surface area contributed by atoms with Crippen molar-refractivity contribution in [3.63, 3.8) is 0 Å². The Kier molecular flexibility index (Phi) is 3.79. The van der Waals surface area contributed by atoms with Crippen molar-refractivity contribution in [1.82, 2.24) is 0 Å². The Hall–Kier alpha value is -1.71. The molecule has 0 aliphatic carbocycles. The predicted molar refractivity (Wildman–Crippen MR) is 81.6 cm³/mol. The summed E-state index contributed by atoms with van der Waals surface area (Å²) in [6.07, 6.45) is 0.597. The Morgan fingerprint density at radius 3 is 2.76 bits per heavy atom. The standard InChI is InChI=1S/C18H20FNO/c1-11-9-12(2)16(15(19)10-11)17(20)18-14-6-4-3-5-13(14)7-8-21-18/h3-6,9-10,17-18H,7-8,20H2,1-2H3. The molecule has 3 heteroatoms. The van der Waals surface area contributed by atoms with E-state index in [1.54, 1.807) is 0 Å². The third kappa shape index (κ3) is 2.59. The maximum atomic E-state index is 14.4. The summed E-state index contributed by atoms with van der Waals surface area (Å²) in [5.41, 5.74) is 11.0. The Bertz CT molecular complexity index is 645. The SMILES string of the molecule is Cc1cc(C)c(C(N)C2OCCc3ccccc32)c(F)c1. The van der Waals surface area contributed by atoms with Crippen molar-refractivity contribution in [1.29, 1.82) is 0 Å². The van der Waals surface area contributed by atoms with Crippen LogP contribution in [0.2, 0.25) is 0 Å². The van der Waals surface area contributed by atoms with Crippen LogP contribution in [-0.4, -0.2) is 6.61 Å². The van der Waals surface area contributed by atoms with E-state index in [2.05, 4.69) is 6.07 Å². The molecule has 1 aliphatic heterocycles. The predicted octanol–water partition coefficient (Wildman–Crippen LogP) is 3.76. The lowest BCUT2D eigenvalue weighted by atomic mass is 9.88. The van der Waals surface area contributed by atoms with Crippen molar-refractivity contribution in [3.8, 4) is 0 Å². The quantitative estimate of drug-likeness (QED) is 0.912. The molecule has 2 nitrogen and oxygen atoms in total.